The molecule has 0 saturated heterocycles. The molecule has 0 amide bonds. The summed E-state index contributed by atoms with van der Waals surface area (Å²) < 4.78 is 9.45. The molecule has 4 heteroatoms. The Morgan fingerprint density at radius 3 is 1.98 bits per heavy atom. The van der Waals surface area contributed by atoms with Crippen molar-refractivity contribution in [3.8, 4) is 22.6 Å². The standard InChI is InChI=1S/C41H26N2OSe/c1-3-10-27(11-4-1)28-18-21-32(22-19-28)43(31-14-5-2-6-15-31)33-16-9-13-30(26-33)41-42-35-23-25-37-39(40(35)44-41)38-34-17-8-7-12-29(34)20-24-36(38)45-37/h1-26H. The van der Waals surface area contributed by atoms with Gasteiger partial charge in [0.15, 0.2) is 0 Å². The fraction of sp³-hybridized carbons (Fsp3) is 0. The van der Waals surface area contributed by atoms with Crippen molar-refractivity contribution < 1.29 is 4.42 Å². The Bertz CT molecular complexity index is 2480. The third-order valence-corrected chi connectivity index (χ3v) is 10.8. The van der Waals surface area contributed by atoms with Crippen molar-refractivity contribution in [1.29, 1.82) is 0 Å². The fourth-order valence-electron chi connectivity index (χ4n) is 6.37. The van der Waals surface area contributed by atoms with Crippen molar-refractivity contribution in [2.75, 3.05) is 4.90 Å². The van der Waals surface area contributed by atoms with Gasteiger partial charge in [0, 0.05) is 0 Å². The van der Waals surface area contributed by atoms with E-state index < -0.39 is 0 Å². The third kappa shape index (κ3) is 4.46. The van der Waals surface area contributed by atoms with Crippen LogP contribution in [0.1, 0.15) is 0 Å². The Labute approximate surface area is 266 Å². The minimum atomic E-state index is 0.238. The topological polar surface area (TPSA) is 29.3 Å². The third-order valence-electron chi connectivity index (χ3n) is 8.48. The van der Waals surface area contributed by atoms with Gasteiger partial charge >= 0.3 is 220 Å². The van der Waals surface area contributed by atoms with Crippen LogP contribution in [-0.4, -0.2) is 19.5 Å². The van der Waals surface area contributed by atoms with E-state index in [9.17, 15) is 0 Å². The Morgan fingerprint density at radius 1 is 0.489 bits per heavy atom. The molecule has 2 aromatic heterocycles. The van der Waals surface area contributed by atoms with Crippen LogP contribution in [0.2, 0.25) is 0 Å². The number of benzene rings is 7. The van der Waals surface area contributed by atoms with Crippen LogP contribution in [0.4, 0.5) is 17.1 Å². The van der Waals surface area contributed by atoms with Crippen molar-refractivity contribution in [3.05, 3.63) is 158 Å². The molecule has 212 valence electrons. The predicted octanol–water partition coefficient (Wildman–Crippen LogP) is 11.1. The first-order chi connectivity index (χ1) is 22.3. The van der Waals surface area contributed by atoms with Crippen LogP contribution >= 0.6 is 0 Å². The minimum absolute atomic E-state index is 0.238. The maximum absolute atomic E-state index is 6.69. The molecular weight excluding hydrogens is 615 g/mol. The van der Waals surface area contributed by atoms with Crippen molar-refractivity contribution in [2.45, 2.75) is 0 Å². The number of nitrogens with zero attached hydrogens (tertiary/aromatic N) is 2. The van der Waals surface area contributed by atoms with Gasteiger partial charge in [-0.2, -0.15) is 0 Å². The van der Waals surface area contributed by atoms with Crippen LogP contribution in [0.25, 0.3) is 63.7 Å². The van der Waals surface area contributed by atoms with E-state index >= 15 is 0 Å². The van der Waals surface area contributed by atoms with Gasteiger partial charge in [0.1, 0.15) is 0 Å². The predicted molar refractivity (Wildman–Crippen MR) is 189 cm³/mol. The first kappa shape index (κ1) is 26.0. The molecule has 0 bridgehead atoms. The van der Waals surface area contributed by atoms with Crippen molar-refractivity contribution in [3.63, 3.8) is 0 Å². The van der Waals surface area contributed by atoms with E-state index in [0.29, 0.717) is 5.89 Å². The summed E-state index contributed by atoms with van der Waals surface area (Å²) in [6.07, 6.45) is 0. The van der Waals surface area contributed by atoms with Gasteiger partial charge in [-0.05, 0) is 11.1 Å². The second-order valence-corrected chi connectivity index (χ2v) is 13.5. The summed E-state index contributed by atoms with van der Waals surface area (Å²) in [5.74, 6) is 0.633. The quantitative estimate of drug-likeness (QED) is 0.175. The first-order valence-electron chi connectivity index (χ1n) is 15.0. The van der Waals surface area contributed by atoms with Crippen LogP contribution in [0.5, 0.6) is 0 Å². The van der Waals surface area contributed by atoms with E-state index in [1.165, 1.54) is 41.2 Å². The molecular formula is C41H26N2OSe. The van der Waals surface area contributed by atoms with Gasteiger partial charge in [-0.25, -0.2) is 0 Å². The molecule has 45 heavy (non-hydrogen) atoms. The monoisotopic (exact) mass is 642 g/mol. The SMILES string of the molecule is c1ccc(-c2ccc(N(c3ccccc3)c3cccc(-c4nc5ccc6[se]c7ccc8ccccc8c7c6c5o4)c3)cc2)cc1. The van der Waals surface area contributed by atoms with Crippen molar-refractivity contribution >= 4 is 72.7 Å². The van der Waals surface area contributed by atoms with Gasteiger partial charge in [0.05, 0.1) is 0 Å². The molecule has 0 saturated carbocycles. The van der Waals surface area contributed by atoms with E-state index in [1.54, 1.807) is 0 Å². The molecule has 0 fully saturated rings. The zero-order valence-electron chi connectivity index (χ0n) is 24.2. The first-order valence-corrected chi connectivity index (χ1v) is 16.8. The number of rotatable bonds is 5. The molecule has 9 rings (SSSR count). The average molecular weight is 642 g/mol. The number of aromatic nitrogens is 1. The average Bonchev–Trinajstić information content (AvgIpc) is 3.72. The number of para-hydroxylation sites is 1. The van der Waals surface area contributed by atoms with Gasteiger partial charge in [0.25, 0.3) is 0 Å². The van der Waals surface area contributed by atoms with Crippen molar-refractivity contribution in [2.24, 2.45) is 0 Å². The normalized spacial score (nSPS) is 11.6. The summed E-state index contributed by atoms with van der Waals surface area (Å²) in [7, 11) is 0. The molecule has 9 aromatic rings. The molecule has 2 heterocycles. The maximum atomic E-state index is 6.69. The van der Waals surface area contributed by atoms with Gasteiger partial charge in [0.2, 0.25) is 0 Å². The Kier molecular flexibility index (Phi) is 6.15. The summed E-state index contributed by atoms with van der Waals surface area (Å²) >= 11 is 0.238. The summed E-state index contributed by atoms with van der Waals surface area (Å²) in [5, 5.41) is 5.04. The van der Waals surface area contributed by atoms with Crippen LogP contribution in [0.15, 0.2) is 162 Å². The molecule has 0 spiro atoms. The number of oxazole rings is 1. The molecule has 0 aliphatic rings. The van der Waals surface area contributed by atoms with Crippen LogP contribution < -0.4 is 4.90 Å². The van der Waals surface area contributed by atoms with Crippen molar-refractivity contribution in [1.82, 2.24) is 4.98 Å². The van der Waals surface area contributed by atoms with E-state index in [1.807, 2.05) is 6.07 Å². The zero-order chi connectivity index (χ0) is 29.7. The minimum Gasteiger partial charge on any atom is -0.0617 e. The second kappa shape index (κ2) is 10.6. The molecule has 3 nitrogen and oxygen atoms in total. The van der Waals surface area contributed by atoms with Crippen LogP contribution in [0, 0.1) is 0 Å². The Hall–Kier alpha value is -5.41. The molecule has 0 unspecified atom stereocenters. The van der Waals surface area contributed by atoms with Gasteiger partial charge in [-0.15, -0.1) is 0 Å². The number of anilines is 3. The summed E-state index contributed by atoms with van der Waals surface area (Å²) in [5.41, 5.74) is 8.32. The summed E-state index contributed by atoms with van der Waals surface area (Å²) in [6.45, 7) is 0. The Morgan fingerprint density at radius 2 is 1.13 bits per heavy atom. The number of fused-ring (bicyclic) bond motifs is 7. The molecule has 7 aromatic carbocycles. The molecule has 0 aliphatic carbocycles. The van der Waals surface area contributed by atoms with Crippen LogP contribution in [0.3, 0.4) is 0 Å². The van der Waals surface area contributed by atoms with Gasteiger partial charge in [-0.1, -0.05) is 36.4 Å². The molecule has 0 atom stereocenters. The van der Waals surface area contributed by atoms with E-state index in [2.05, 4.69) is 157 Å². The molecule has 0 N–H and O–H groups in total. The smallest absolute Gasteiger partial charge is 0.0617 e. The zero-order valence-corrected chi connectivity index (χ0v) is 25.9. The second-order valence-electron chi connectivity index (χ2n) is 11.2. The Balaban J connectivity index is 1.17. The fourth-order valence-corrected chi connectivity index (χ4v) is 8.72. The van der Waals surface area contributed by atoms with E-state index in [-0.39, 0.29) is 14.5 Å². The van der Waals surface area contributed by atoms with Gasteiger partial charge in [-0.3, -0.25) is 0 Å². The van der Waals surface area contributed by atoms with E-state index in [0.717, 1.165) is 33.7 Å². The number of hydrogen-bond acceptors (Lipinski definition) is 3. The number of hydrogen-bond donors (Lipinski definition) is 0. The van der Waals surface area contributed by atoms with Gasteiger partial charge < -0.3 is 0 Å². The molecule has 0 radical (unpaired) electrons. The van der Waals surface area contributed by atoms with E-state index in [4.69, 9.17) is 9.40 Å². The summed E-state index contributed by atoms with van der Waals surface area (Å²) in [6, 6.07) is 55.8. The summed E-state index contributed by atoms with van der Waals surface area (Å²) in [4.78, 5) is 7.31. The van der Waals surface area contributed by atoms with Crippen LogP contribution in [-0.2, 0) is 0 Å². The molecule has 0 aliphatic heterocycles.